The lowest BCUT2D eigenvalue weighted by molar-refractivity contribution is 0.414. The van der Waals surface area contributed by atoms with E-state index < -0.39 is 0 Å². The van der Waals surface area contributed by atoms with Crippen molar-refractivity contribution in [1.29, 1.82) is 0 Å². The molecular weight excluding hydrogens is 376 g/mol. The number of methoxy groups -OCH3 is 2. The number of benzene rings is 2. The van der Waals surface area contributed by atoms with Gasteiger partial charge < -0.3 is 9.47 Å². The summed E-state index contributed by atoms with van der Waals surface area (Å²) in [4.78, 5) is 0. The molecule has 0 spiro atoms. The van der Waals surface area contributed by atoms with Crippen molar-refractivity contribution >= 4 is 46.0 Å². The molecule has 2 heterocycles. The van der Waals surface area contributed by atoms with Crippen LogP contribution >= 0.6 is 35.1 Å². The van der Waals surface area contributed by atoms with E-state index in [9.17, 15) is 0 Å². The predicted octanol–water partition coefficient (Wildman–Crippen LogP) is 5.17. The van der Waals surface area contributed by atoms with Gasteiger partial charge in [-0.25, -0.2) is 4.68 Å². The van der Waals surface area contributed by atoms with E-state index >= 15 is 0 Å². The fourth-order valence-electron chi connectivity index (χ4n) is 2.90. The van der Waals surface area contributed by atoms with Crippen molar-refractivity contribution in [3.8, 4) is 17.2 Å². The molecule has 0 aliphatic carbocycles. The Labute approximate surface area is 159 Å². The predicted molar refractivity (Wildman–Crippen MR) is 107 cm³/mol. The summed E-state index contributed by atoms with van der Waals surface area (Å²) in [6.07, 6.45) is 0. The van der Waals surface area contributed by atoms with Crippen LogP contribution in [0.15, 0.2) is 36.4 Å². The zero-order valence-electron chi connectivity index (χ0n) is 13.9. The van der Waals surface area contributed by atoms with E-state index in [0.29, 0.717) is 9.74 Å². The molecule has 0 amide bonds. The molecule has 0 N–H and O–H groups in total. The average Bonchev–Trinajstić information content (AvgIpc) is 3.29. The minimum absolute atomic E-state index is 0.364. The molecule has 2 aromatic carbocycles. The Kier molecular flexibility index (Phi) is 4.75. The average molecular weight is 393 g/mol. The summed E-state index contributed by atoms with van der Waals surface area (Å²) in [5.74, 6) is 3.92. The Morgan fingerprint density at radius 1 is 1.04 bits per heavy atom. The highest BCUT2D eigenvalue weighted by molar-refractivity contribution is 8.19. The van der Waals surface area contributed by atoms with Crippen molar-refractivity contribution in [3.63, 3.8) is 0 Å². The minimum atomic E-state index is 0.364. The Balaban J connectivity index is 1.89. The van der Waals surface area contributed by atoms with Gasteiger partial charge in [-0.1, -0.05) is 11.6 Å². The molecule has 1 saturated heterocycles. The van der Waals surface area contributed by atoms with E-state index in [1.807, 2.05) is 58.5 Å². The van der Waals surface area contributed by atoms with Crippen LogP contribution in [0.3, 0.4) is 0 Å². The lowest BCUT2D eigenvalue weighted by atomic mass is 10.2. The standard InChI is InChI=1S/C18H17ClN2O2S2/c1-22-11-3-5-15-13(9-11)17(19)21(20-15)16-6-4-12(23-2)10-14(16)18-24-7-8-25-18/h3-6,9-10,18H,7-8H2,1-2H3. The molecule has 0 unspecified atom stereocenters. The number of nitrogens with zero attached hydrogens (tertiary/aromatic N) is 2. The number of hydrogen-bond acceptors (Lipinski definition) is 5. The van der Waals surface area contributed by atoms with Gasteiger partial charge in [-0.05, 0) is 36.4 Å². The van der Waals surface area contributed by atoms with Gasteiger partial charge in [0.2, 0.25) is 0 Å². The summed E-state index contributed by atoms with van der Waals surface area (Å²) in [5, 5.41) is 6.19. The van der Waals surface area contributed by atoms with Gasteiger partial charge in [-0.3, -0.25) is 0 Å². The highest BCUT2D eigenvalue weighted by Crippen LogP contribution is 2.48. The summed E-state index contributed by atoms with van der Waals surface area (Å²) < 4.78 is 12.9. The van der Waals surface area contributed by atoms with E-state index in [4.69, 9.17) is 26.2 Å². The number of halogens is 1. The van der Waals surface area contributed by atoms with E-state index in [0.717, 1.165) is 39.6 Å². The third-order valence-electron chi connectivity index (χ3n) is 4.16. The summed E-state index contributed by atoms with van der Waals surface area (Å²) in [7, 11) is 3.34. The molecule has 1 aliphatic rings. The summed E-state index contributed by atoms with van der Waals surface area (Å²) in [6.45, 7) is 0. The van der Waals surface area contributed by atoms with Crippen LogP contribution in [0, 0.1) is 0 Å². The largest absolute Gasteiger partial charge is 0.497 e. The van der Waals surface area contributed by atoms with Gasteiger partial charge in [-0.2, -0.15) is 5.10 Å². The SMILES string of the molecule is COc1ccc(-n2nc3ccc(OC)cc3c2Cl)c(C2SCCS2)c1. The van der Waals surface area contributed by atoms with E-state index in [1.165, 1.54) is 5.56 Å². The lowest BCUT2D eigenvalue weighted by Crippen LogP contribution is -2.03. The first-order chi connectivity index (χ1) is 12.2. The zero-order valence-corrected chi connectivity index (χ0v) is 16.2. The second-order valence-electron chi connectivity index (χ2n) is 5.58. The minimum Gasteiger partial charge on any atom is -0.497 e. The maximum atomic E-state index is 6.67. The van der Waals surface area contributed by atoms with Crippen molar-refractivity contribution in [2.45, 2.75) is 4.58 Å². The topological polar surface area (TPSA) is 36.3 Å². The lowest BCUT2D eigenvalue weighted by Gasteiger charge is -2.16. The molecule has 7 heteroatoms. The summed E-state index contributed by atoms with van der Waals surface area (Å²) >= 11 is 10.6. The van der Waals surface area contributed by atoms with Gasteiger partial charge in [-0.15, -0.1) is 23.5 Å². The first-order valence-electron chi connectivity index (χ1n) is 7.85. The zero-order chi connectivity index (χ0) is 17.4. The highest BCUT2D eigenvalue weighted by Gasteiger charge is 2.24. The first kappa shape index (κ1) is 16.9. The Morgan fingerprint density at radius 3 is 2.44 bits per heavy atom. The molecular formula is C18H17ClN2O2S2. The molecule has 0 bridgehead atoms. The van der Waals surface area contributed by atoms with Gasteiger partial charge in [0.1, 0.15) is 16.7 Å². The molecule has 0 atom stereocenters. The van der Waals surface area contributed by atoms with Gasteiger partial charge in [0.05, 0.1) is 30.0 Å². The van der Waals surface area contributed by atoms with Crippen LogP contribution in [-0.4, -0.2) is 35.5 Å². The van der Waals surface area contributed by atoms with Gasteiger partial charge in [0, 0.05) is 22.5 Å². The van der Waals surface area contributed by atoms with Crippen molar-refractivity contribution in [3.05, 3.63) is 47.1 Å². The monoisotopic (exact) mass is 392 g/mol. The molecule has 3 aromatic rings. The summed E-state index contributed by atoms with van der Waals surface area (Å²) in [6, 6.07) is 11.8. The van der Waals surface area contributed by atoms with Crippen LogP contribution < -0.4 is 9.47 Å². The van der Waals surface area contributed by atoms with E-state index in [2.05, 4.69) is 6.07 Å². The van der Waals surface area contributed by atoms with Crippen LogP contribution in [0.25, 0.3) is 16.6 Å². The number of ether oxygens (including phenoxy) is 2. The smallest absolute Gasteiger partial charge is 0.140 e. The van der Waals surface area contributed by atoms with Crippen LogP contribution in [0.5, 0.6) is 11.5 Å². The highest BCUT2D eigenvalue weighted by atomic mass is 35.5. The van der Waals surface area contributed by atoms with Gasteiger partial charge >= 0.3 is 0 Å². The van der Waals surface area contributed by atoms with Gasteiger partial charge in [0.15, 0.2) is 0 Å². The number of fused-ring (bicyclic) bond motifs is 1. The Bertz CT molecular complexity index is 923. The quantitative estimate of drug-likeness (QED) is 0.611. The normalized spacial score (nSPS) is 15.0. The van der Waals surface area contributed by atoms with Crippen LogP contribution in [-0.2, 0) is 0 Å². The Morgan fingerprint density at radius 2 is 1.72 bits per heavy atom. The third-order valence-corrected chi connectivity index (χ3v) is 7.59. The molecule has 25 heavy (non-hydrogen) atoms. The van der Waals surface area contributed by atoms with Crippen LogP contribution in [0.2, 0.25) is 5.15 Å². The number of hydrogen-bond donors (Lipinski definition) is 0. The maximum Gasteiger partial charge on any atom is 0.140 e. The molecule has 1 aromatic heterocycles. The maximum absolute atomic E-state index is 6.67. The van der Waals surface area contributed by atoms with Gasteiger partial charge in [0.25, 0.3) is 0 Å². The van der Waals surface area contributed by atoms with Crippen molar-refractivity contribution in [1.82, 2.24) is 9.78 Å². The fourth-order valence-corrected chi connectivity index (χ4v) is 6.08. The molecule has 0 radical (unpaired) electrons. The van der Waals surface area contributed by atoms with Crippen molar-refractivity contribution in [2.75, 3.05) is 25.7 Å². The fraction of sp³-hybridized carbons (Fsp3) is 0.278. The number of rotatable bonds is 4. The molecule has 130 valence electrons. The van der Waals surface area contributed by atoms with Crippen LogP contribution in [0.4, 0.5) is 0 Å². The van der Waals surface area contributed by atoms with E-state index in [1.54, 1.807) is 14.2 Å². The Hall–Kier alpha value is -1.50. The van der Waals surface area contributed by atoms with Crippen molar-refractivity contribution < 1.29 is 9.47 Å². The molecule has 1 aliphatic heterocycles. The molecule has 4 nitrogen and oxygen atoms in total. The second-order valence-corrected chi connectivity index (χ2v) is 8.67. The first-order valence-corrected chi connectivity index (χ1v) is 10.3. The second kappa shape index (κ2) is 7.02. The summed E-state index contributed by atoms with van der Waals surface area (Å²) in [5.41, 5.74) is 3.03. The molecule has 4 rings (SSSR count). The number of thioether (sulfide) groups is 2. The third kappa shape index (κ3) is 3.07. The van der Waals surface area contributed by atoms with E-state index in [-0.39, 0.29) is 0 Å². The van der Waals surface area contributed by atoms with Crippen LogP contribution in [0.1, 0.15) is 10.1 Å². The molecule has 0 saturated carbocycles. The number of aromatic nitrogens is 2. The molecule has 1 fully saturated rings. The van der Waals surface area contributed by atoms with Crippen molar-refractivity contribution in [2.24, 2.45) is 0 Å².